The normalized spacial score (nSPS) is 15.5. The molecule has 112 valence electrons. The van der Waals surface area contributed by atoms with Crippen LogP contribution in [0.5, 0.6) is 5.75 Å². The van der Waals surface area contributed by atoms with Gasteiger partial charge in [0.15, 0.2) is 0 Å². The van der Waals surface area contributed by atoms with Crippen molar-refractivity contribution in [2.24, 2.45) is 5.73 Å². The van der Waals surface area contributed by atoms with E-state index >= 15 is 0 Å². The highest BCUT2D eigenvalue weighted by Crippen LogP contribution is 2.29. The fourth-order valence-electron chi connectivity index (χ4n) is 2.77. The quantitative estimate of drug-likeness (QED) is 0.916. The Morgan fingerprint density at radius 2 is 2.10 bits per heavy atom. The lowest BCUT2D eigenvalue weighted by Crippen LogP contribution is -2.06. The van der Waals surface area contributed by atoms with Crippen LogP contribution >= 0.6 is 11.6 Å². The van der Waals surface area contributed by atoms with Crippen molar-refractivity contribution >= 4 is 11.6 Å². The van der Waals surface area contributed by atoms with Crippen molar-refractivity contribution in [2.75, 3.05) is 0 Å². The zero-order chi connectivity index (χ0) is 14.7. The molecule has 0 radical (unpaired) electrons. The molecule has 1 heterocycles. The Morgan fingerprint density at radius 1 is 1.29 bits per heavy atom. The van der Waals surface area contributed by atoms with Crippen LogP contribution in [0, 0.1) is 0 Å². The second-order valence-corrected chi connectivity index (χ2v) is 5.89. The first-order chi connectivity index (χ1) is 10.3. The Hall–Kier alpha value is -1.52. The summed E-state index contributed by atoms with van der Waals surface area (Å²) in [5.74, 6) is 0.671. The molecular weight excluding hydrogens is 286 g/mol. The largest absolute Gasteiger partial charge is 0.486 e. The van der Waals surface area contributed by atoms with Gasteiger partial charge in [0.05, 0.1) is 16.8 Å². The number of hydrogen-bond donors (Lipinski definition) is 1. The van der Waals surface area contributed by atoms with E-state index in [1.165, 1.54) is 25.7 Å². The van der Waals surface area contributed by atoms with Gasteiger partial charge in [-0.2, -0.15) is 5.10 Å². The van der Waals surface area contributed by atoms with Crippen LogP contribution < -0.4 is 10.5 Å². The topological polar surface area (TPSA) is 53.1 Å². The van der Waals surface area contributed by atoms with Gasteiger partial charge < -0.3 is 10.5 Å². The Balaban J connectivity index is 1.62. The van der Waals surface area contributed by atoms with Gasteiger partial charge in [-0.3, -0.25) is 4.68 Å². The Kier molecular flexibility index (Phi) is 4.46. The Bertz CT molecular complexity index is 605. The van der Waals surface area contributed by atoms with E-state index in [0.717, 1.165) is 11.3 Å². The van der Waals surface area contributed by atoms with E-state index in [-0.39, 0.29) is 0 Å². The maximum absolute atomic E-state index is 6.18. The molecule has 1 fully saturated rings. The zero-order valence-corrected chi connectivity index (χ0v) is 12.7. The number of benzene rings is 1. The number of nitrogens with two attached hydrogens (primary N) is 1. The standard InChI is InChI=1S/C16H20ClN3O/c17-15-9-12(10-18)5-6-16(15)21-11-13-7-8-20(19-13)14-3-1-2-4-14/h5-9,14H,1-4,10-11,18H2. The SMILES string of the molecule is NCc1ccc(OCc2ccn(C3CCCC3)n2)c(Cl)c1. The highest BCUT2D eigenvalue weighted by atomic mass is 35.5. The predicted molar refractivity (Wildman–Crippen MR) is 83.4 cm³/mol. The molecule has 1 aliphatic rings. The monoisotopic (exact) mass is 305 g/mol. The minimum Gasteiger partial charge on any atom is -0.486 e. The number of halogens is 1. The first-order valence-corrected chi connectivity index (χ1v) is 7.79. The van der Waals surface area contributed by atoms with Gasteiger partial charge in [-0.1, -0.05) is 30.5 Å². The molecule has 0 atom stereocenters. The van der Waals surface area contributed by atoms with Crippen LogP contribution in [0.15, 0.2) is 30.5 Å². The van der Waals surface area contributed by atoms with E-state index in [0.29, 0.717) is 30.0 Å². The van der Waals surface area contributed by atoms with Crippen LogP contribution in [0.4, 0.5) is 0 Å². The molecule has 0 amide bonds. The predicted octanol–water partition coefficient (Wildman–Crippen LogP) is 3.69. The van der Waals surface area contributed by atoms with Crippen molar-refractivity contribution in [1.29, 1.82) is 0 Å². The Labute approximate surface area is 129 Å². The summed E-state index contributed by atoms with van der Waals surface area (Å²) in [6.07, 6.45) is 7.12. The molecule has 3 rings (SSSR count). The molecule has 0 spiro atoms. The lowest BCUT2D eigenvalue weighted by molar-refractivity contribution is 0.298. The van der Waals surface area contributed by atoms with E-state index in [4.69, 9.17) is 22.1 Å². The third kappa shape index (κ3) is 3.39. The summed E-state index contributed by atoms with van der Waals surface area (Å²) >= 11 is 6.18. The highest BCUT2D eigenvalue weighted by molar-refractivity contribution is 6.32. The summed E-state index contributed by atoms with van der Waals surface area (Å²) in [5.41, 5.74) is 7.51. The molecular formula is C16H20ClN3O. The molecule has 1 aromatic heterocycles. The van der Waals surface area contributed by atoms with E-state index in [2.05, 4.69) is 9.78 Å². The molecule has 0 bridgehead atoms. The van der Waals surface area contributed by atoms with Gasteiger partial charge in [0, 0.05) is 12.7 Å². The molecule has 2 N–H and O–H groups in total. The molecule has 5 heteroatoms. The first kappa shape index (κ1) is 14.4. The van der Waals surface area contributed by atoms with Crippen molar-refractivity contribution in [1.82, 2.24) is 9.78 Å². The average molecular weight is 306 g/mol. The number of hydrogen-bond acceptors (Lipinski definition) is 3. The van der Waals surface area contributed by atoms with Crippen molar-refractivity contribution in [3.05, 3.63) is 46.7 Å². The smallest absolute Gasteiger partial charge is 0.138 e. The van der Waals surface area contributed by atoms with Crippen molar-refractivity contribution in [3.63, 3.8) is 0 Å². The average Bonchev–Trinajstić information content (AvgIpc) is 3.16. The number of rotatable bonds is 5. The lowest BCUT2D eigenvalue weighted by atomic mass is 10.2. The molecule has 0 aliphatic heterocycles. The van der Waals surface area contributed by atoms with E-state index < -0.39 is 0 Å². The van der Waals surface area contributed by atoms with Crippen LogP contribution in [-0.4, -0.2) is 9.78 Å². The number of aromatic nitrogens is 2. The molecule has 4 nitrogen and oxygen atoms in total. The number of nitrogens with zero attached hydrogens (tertiary/aromatic N) is 2. The summed E-state index contributed by atoms with van der Waals surface area (Å²) in [5, 5.41) is 5.19. The summed E-state index contributed by atoms with van der Waals surface area (Å²) in [6.45, 7) is 0.910. The minimum absolute atomic E-state index is 0.432. The fraction of sp³-hybridized carbons (Fsp3) is 0.438. The maximum atomic E-state index is 6.18. The van der Waals surface area contributed by atoms with Gasteiger partial charge >= 0.3 is 0 Å². The van der Waals surface area contributed by atoms with Gasteiger partial charge in [-0.15, -0.1) is 0 Å². The number of ether oxygens (including phenoxy) is 1. The zero-order valence-electron chi connectivity index (χ0n) is 12.0. The summed E-state index contributed by atoms with van der Waals surface area (Å²) in [7, 11) is 0. The molecule has 2 aromatic rings. The minimum atomic E-state index is 0.432. The van der Waals surface area contributed by atoms with Crippen molar-refractivity contribution in [3.8, 4) is 5.75 Å². The maximum Gasteiger partial charge on any atom is 0.138 e. The first-order valence-electron chi connectivity index (χ1n) is 7.41. The van der Waals surface area contributed by atoms with Crippen LogP contribution in [0.1, 0.15) is 43.0 Å². The molecule has 1 saturated carbocycles. The molecule has 21 heavy (non-hydrogen) atoms. The van der Waals surface area contributed by atoms with Crippen molar-refractivity contribution in [2.45, 2.75) is 44.9 Å². The lowest BCUT2D eigenvalue weighted by Gasteiger charge is -2.10. The van der Waals surface area contributed by atoms with Crippen LogP contribution in [-0.2, 0) is 13.2 Å². The van der Waals surface area contributed by atoms with Crippen LogP contribution in [0.25, 0.3) is 0 Å². The van der Waals surface area contributed by atoms with Gasteiger partial charge in [-0.05, 0) is 36.6 Å². The highest BCUT2D eigenvalue weighted by Gasteiger charge is 2.17. The molecule has 0 saturated heterocycles. The third-order valence-corrected chi connectivity index (χ3v) is 4.27. The molecule has 1 aromatic carbocycles. The van der Waals surface area contributed by atoms with Gasteiger partial charge in [0.1, 0.15) is 12.4 Å². The van der Waals surface area contributed by atoms with Crippen molar-refractivity contribution < 1.29 is 4.74 Å². The fourth-order valence-corrected chi connectivity index (χ4v) is 3.02. The third-order valence-electron chi connectivity index (χ3n) is 3.97. The van der Waals surface area contributed by atoms with Crippen LogP contribution in [0.3, 0.4) is 0 Å². The van der Waals surface area contributed by atoms with Crippen LogP contribution in [0.2, 0.25) is 5.02 Å². The van der Waals surface area contributed by atoms with Gasteiger partial charge in [-0.25, -0.2) is 0 Å². The summed E-state index contributed by atoms with van der Waals surface area (Å²) < 4.78 is 7.82. The molecule has 0 unspecified atom stereocenters. The van der Waals surface area contributed by atoms with Gasteiger partial charge in [0.25, 0.3) is 0 Å². The summed E-state index contributed by atoms with van der Waals surface area (Å²) in [6, 6.07) is 8.21. The summed E-state index contributed by atoms with van der Waals surface area (Å²) in [4.78, 5) is 0. The van der Waals surface area contributed by atoms with E-state index in [1.807, 2.05) is 30.5 Å². The Morgan fingerprint density at radius 3 is 2.81 bits per heavy atom. The molecule has 1 aliphatic carbocycles. The second-order valence-electron chi connectivity index (χ2n) is 5.48. The van der Waals surface area contributed by atoms with E-state index in [9.17, 15) is 0 Å². The van der Waals surface area contributed by atoms with Gasteiger partial charge in [0.2, 0.25) is 0 Å². The second kappa shape index (κ2) is 6.50. The van der Waals surface area contributed by atoms with E-state index in [1.54, 1.807) is 0 Å².